The van der Waals surface area contributed by atoms with E-state index in [-0.39, 0.29) is 12.1 Å². The predicted molar refractivity (Wildman–Crippen MR) is 67.1 cm³/mol. The zero-order valence-electron chi connectivity index (χ0n) is 11.6. The number of carbonyl (C=O) groups excluding carboxylic acids is 1. The topological polar surface area (TPSA) is 68.8 Å². The largest absolute Gasteiger partial charge is 0.444 e. The third-order valence-corrected chi connectivity index (χ3v) is 2.50. The summed E-state index contributed by atoms with van der Waals surface area (Å²) >= 11 is 0. The van der Waals surface area contributed by atoms with Gasteiger partial charge in [-0.25, -0.2) is 4.79 Å². The molecule has 0 unspecified atom stereocenters. The quantitative estimate of drug-likeness (QED) is 0.555. The SMILES string of the molecule is COCCONC1CC(NC(=O)OC(C)(C)C)C1. The number of rotatable bonds is 6. The smallest absolute Gasteiger partial charge is 0.407 e. The van der Waals surface area contributed by atoms with E-state index in [2.05, 4.69) is 10.8 Å². The Bertz CT molecular complexity index is 259. The number of methoxy groups -OCH3 is 1. The highest BCUT2D eigenvalue weighted by molar-refractivity contribution is 5.68. The highest BCUT2D eigenvalue weighted by Gasteiger charge is 2.31. The third-order valence-electron chi connectivity index (χ3n) is 2.50. The summed E-state index contributed by atoms with van der Waals surface area (Å²) in [6, 6.07) is 0.463. The van der Waals surface area contributed by atoms with E-state index >= 15 is 0 Å². The van der Waals surface area contributed by atoms with Crippen molar-refractivity contribution in [2.24, 2.45) is 0 Å². The van der Waals surface area contributed by atoms with Crippen molar-refractivity contribution in [2.75, 3.05) is 20.3 Å². The molecule has 0 aliphatic heterocycles. The van der Waals surface area contributed by atoms with Crippen molar-refractivity contribution in [3.05, 3.63) is 0 Å². The van der Waals surface area contributed by atoms with Crippen LogP contribution in [0.15, 0.2) is 0 Å². The fourth-order valence-corrected chi connectivity index (χ4v) is 1.61. The van der Waals surface area contributed by atoms with Crippen molar-refractivity contribution in [2.45, 2.75) is 51.3 Å². The molecule has 0 saturated heterocycles. The molecule has 0 bridgehead atoms. The van der Waals surface area contributed by atoms with E-state index in [1.54, 1.807) is 7.11 Å². The summed E-state index contributed by atoms with van der Waals surface area (Å²) in [7, 11) is 1.63. The first-order valence-electron chi connectivity index (χ1n) is 6.26. The number of ether oxygens (including phenoxy) is 2. The number of carbonyl (C=O) groups is 1. The number of alkyl carbamates (subject to hydrolysis) is 1. The van der Waals surface area contributed by atoms with Crippen molar-refractivity contribution in [3.8, 4) is 0 Å². The summed E-state index contributed by atoms with van der Waals surface area (Å²) in [6.45, 7) is 6.64. The minimum atomic E-state index is -0.450. The number of hydrogen-bond acceptors (Lipinski definition) is 5. The number of hydroxylamine groups is 1. The molecule has 1 rings (SSSR count). The highest BCUT2D eigenvalue weighted by atomic mass is 16.7. The van der Waals surface area contributed by atoms with Gasteiger partial charge in [-0.05, 0) is 33.6 Å². The van der Waals surface area contributed by atoms with Gasteiger partial charge < -0.3 is 14.8 Å². The minimum absolute atomic E-state index is 0.170. The van der Waals surface area contributed by atoms with E-state index < -0.39 is 5.60 Å². The first-order chi connectivity index (χ1) is 8.40. The molecule has 0 radical (unpaired) electrons. The van der Waals surface area contributed by atoms with Gasteiger partial charge in [0, 0.05) is 19.2 Å². The minimum Gasteiger partial charge on any atom is -0.444 e. The zero-order valence-corrected chi connectivity index (χ0v) is 11.6. The molecule has 1 aliphatic carbocycles. The molecular weight excluding hydrogens is 236 g/mol. The van der Waals surface area contributed by atoms with Crippen LogP contribution in [0.25, 0.3) is 0 Å². The summed E-state index contributed by atoms with van der Waals surface area (Å²) in [6.07, 6.45) is 1.35. The molecule has 18 heavy (non-hydrogen) atoms. The lowest BCUT2D eigenvalue weighted by molar-refractivity contribution is -0.0333. The maximum Gasteiger partial charge on any atom is 0.407 e. The van der Waals surface area contributed by atoms with E-state index in [1.165, 1.54) is 0 Å². The Hall–Kier alpha value is -0.850. The number of hydrogen-bond donors (Lipinski definition) is 2. The second-order valence-electron chi connectivity index (χ2n) is 5.47. The lowest BCUT2D eigenvalue weighted by Gasteiger charge is -2.36. The molecule has 6 nitrogen and oxygen atoms in total. The predicted octanol–water partition coefficient (Wildman–Crippen LogP) is 1.21. The van der Waals surface area contributed by atoms with Crippen molar-refractivity contribution < 1.29 is 19.1 Å². The highest BCUT2D eigenvalue weighted by Crippen LogP contribution is 2.20. The summed E-state index contributed by atoms with van der Waals surface area (Å²) in [4.78, 5) is 16.7. The Kier molecular flexibility index (Phi) is 5.84. The molecule has 1 fully saturated rings. The number of amides is 1. The molecule has 0 atom stereocenters. The van der Waals surface area contributed by atoms with Crippen LogP contribution in [0.5, 0.6) is 0 Å². The standard InChI is InChI=1S/C12H24N2O4/c1-12(2,3)18-11(15)13-9-7-10(8-9)14-17-6-5-16-4/h9-10,14H,5-8H2,1-4H3,(H,13,15). The summed E-state index contributed by atoms with van der Waals surface area (Å²) in [5.41, 5.74) is 2.48. The molecule has 106 valence electrons. The second-order valence-corrected chi connectivity index (χ2v) is 5.47. The Morgan fingerprint density at radius 1 is 1.22 bits per heavy atom. The molecule has 0 heterocycles. The van der Waals surface area contributed by atoms with Gasteiger partial charge in [0.25, 0.3) is 0 Å². The third kappa shape index (κ3) is 6.18. The first-order valence-corrected chi connectivity index (χ1v) is 6.26. The first kappa shape index (κ1) is 15.2. The van der Waals surface area contributed by atoms with E-state index in [9.17, 15) is 4.79 Å². The Morgan fingerprint density at radius 2 is 1.89 bits per heavy atom. The Labute approximate surface area is 108 Å². The van der Waals surface area contributed by atoms with Gasteiger partial charge >= 0.3 is 6.09 Å². The molecule has 2 N–H and O–H groups in total. The van der Waals surface area contributed by atoms with E-state index in [4.69, 9.17) is 14.3 Å². The van der Waals surface area contributed by atoms with Crippen LogP contribution in [0.4, 0.5) is 4.79 Å². The van der Waals surface area contributed by atoms with Gasteiger partial charge in [-0.2, -0.15) is 5.48 Å². The van der Waals surface area contributed by atoms with Gasteiger partial charge in [-0.3, -0.25) is 4.84 Å². The summed E-state index contributed by atoms with van der Waals surface area (Å²) in [5.74, 6) is 0. The fraction of sp³-hybridized carbons (Fsp3) is 0.917. The van der Waals surface area contributed by atoms with Crippen molar-refractivity contribution in [1.29, 1.82) is 0 Å². The van der Waals surface area contributed by atoms with E-state index in [0.717, 1.165) is 12.8 Å². The summed E-state index contributed by atoms with van der Waals surface area (Å²) < 4.78 is 10.0. The average molecular weight is 260 g/mol. The molecule has 1 aliphatic rings. The van der Waals surface area contributed by atoms with Gasteiger partial charge in [-0.1, -0.05) is 0 Å². The zero-order chi connectivity index (χ0) is 13.6. The molecule has 6 heteroatoms. The van der Waals surface area contributed by atoms with Gasteiger partial charge in [0.2, 0.25) is 0 Å². The molecule has 0 aromatic rings. The molecule has 0 aromatic carbocycles. The average Bonchev–Trinajstić information content (AvgIpc) is 2.17. The Morgan fingerprint density at radius 3 is 2.44 bits per heavy atom. The number of nitrogens with one attached hydrogen (secondary N) is 2. The van der Waals surface area contributed by atoms with Crippen LogP contribution < -0.4 is 10.8 Å². The molecule has 0 aromatic heterocycles. The second kappa shape index (κ2) is 6.92. The van der Waals surface area contributed by atoms with Gasteiger partial charge in [-0.15, -0.1) is 0 Å². The van der Waals surface area contributed by atoms with Gasteiger partial charge in [0.1, 0.15) is 5.60 Å². The maximum absolute atomic E-state index is 11.5. The van der Waals surface area contributed by atoms with Crippen LogP contribution in [-0.2, 0) is 14.3 Å². The fourth-order valence-electron chi connectivity index (χ4n) is 1.61. The van der Waals surface area contributed by atoms with Crippen LogP contribution in [-0.4, -0.2) is 44.1 Å². The molecule has 1 amide bonds. The maximum atomic E-state index is 11.5. The molecule has 1 saturated carbocycles. The lowest BCUT2D eigenvalue weighted by atomic mass is 9.87. The monoisotopic (exact) mass is 260 g/mol. The van der Waals surface area contributed by atoms with Gasteiger partial charge in [0.15, 0.2) is 0 Å². The van der Waals surface area contributed by atoms with E-state index in [0.29, 0.717) is 19.3 Å². The van der Waals surface area contributed by atoms with Gasteiger partial charge in [0.05, 0.1) is 13.2 Å². The lowest BCUT2D eigenvalue weighted by Crippen LogP contribution is -2.53. The summed E-state index contributed by atoms with van der Waals surface area (Å²) in [5, 5.41) is 2.82. The van der Waals surface area contributed by atoms with E-state index in [1.807, 2.05) is 20.8 Å². The molecule has 0 spiro atoms. The van der Waals surface area contributed by atoms with Crippen LogP contribution >= 0.6 is 0 Å². The van der Waals surface area contributed by atoms with Crippen LogP contribution in [0.2, 0.25) is 0 Å². The van der Waals surface area contributed by atoms with Crippen molar-refractivity contribution >= 4 is 6.09 Å². The normalized spacial score (nSPS) is 23.3. The van der Waals surface area contributed by atoms with Crippen molar-refractivity contribution in [1.82, 2.24) is 10.8 Å². The van der Waals surface area contributed by atoms with Crippen LogP contribution in [0, 0.1) is 0 Å². The van der Waals surface area contributed by atoms with Crippen LogP contribution in [0.3, 0.4) is 0 Å². The Balaban J connectivity index is 2.03. The van der Waals surface area contributed by atoms with Crippen LogP contribution in [0.1, 0.15) is 33.6 Å². The molecular formula is C12H24N2O4. The van der Waals surface area contributed by atoms with Crippen molar-refractivity contribution in [3.63, 3.8) is 0 Å².